The Balaban J connectivity index is 1.52. The number of primary amides is 1. The van der Waals surface area contributed by atoms with E-state index >= 15 is 0 Å². The number of H-pyrrole nitrogens is 1. The molecular weight excluding hydrogens is 430 g/mol. The maximum absolute atomic E-state index is 13.2. The van der Waals surface area contributed by atoms with Crippen molar-refractivity contribution in [2.75, 3.05) is 12.0 Å². The molecule has 4 N–H and O–H groups in total. The van der Waals surface area contributed by atoms with E-state index in [9.17, 15) is 9.59 Å². The molecule has 1 atom stereocenters. The van der Waals surface area contributed by atoms with E-state index in [0.29, 0.717) is 17.0 Å². The lowest BCUT2D eigenvalue weighted by molar-refractivity contribution is -0.115. The summed E-state index contributed by atoms with van der Waals surface area (Å²) >= 11 is 0. The summed E-state index contributed by atoms with van der Waals surface area (Å²) in [5.41, 5.74) is 10.8. The zero-order valence-electron chi connectivity index (χ0n) is 18.7. The number of hydrogen-bond acceptors (Lipinski definition) is 4. The van der Waals surface area contributed by atoms with Gasteiger partial charge in [0.05, 0.1) is 36.1 Å². The number of aromatic amines is 1. The van der Waals surface area contributed by atoms with Gasteiger partial charge in [-0.15, -0.1) is 0 Å². The second-order valence-electron chi connectivity index (χ2n) is 8.08. The van der Waals surface area contributed by atoms with Gasteiger partial charge in [0.15, 0.2) is 0 Å². The number of hydrogen-bond donors (Lipinski definition) is 3. The Hall–Kier alpha value is -4.59. The first kappa shape index (κ1) is 21.3. The molecule has 8 heteroatoms. The molecule has 0 saturated carbocycles. The molecule has 1 aliphatic heterocycles. The largest absolute Gasteiger partial charge is 0.497 e. The van der Waals surface area contributed by atoms with Crippen LogP contribution in [0.25, 0.3) is 22.0 Å². The summed E-state index contributed by atoms with van der Waals surface area (Å²) in [5, 5.41) is 10.7. The van der Waals surface area contributed by atoms with Crippen molar-refractivity contribution in [3.05, 3.63) is 89.8 Å². The number of urea groups is 1. The summed E-state index contributed by atoms with van der Waals surface area (Å²) in [6, 6.07) is 19.9. The van der Waals surface area contributed by atoms with Crippen LogP contribution in [-0.4, -0.2) is 29.2 Å². The minimum atomic E-state index is -0.654. The van der Waals surface area contributed by atoms with Crippen LogP contribution < -0.4 is 20.7 Å². The number of nitrogens with one attached hydrogen (secondary N) is 2. The Morgan fingerprint density at radius 3 is 2.59 bits per heavy atom. The third-order valence-corrected chi connectivity index (χ3v) is 6.08. The molecule has 0 radical (unpaired) electrons. The minimum Gasteiger partial charge on any atom is -0.497 e. The fourth-order valence-corrected chi connectivity index (χ4v) is 4.36. The quantitative estimate of drug-likeness (QED) is 0.419. The Kier molecular flexibility index (Phi) is 5.25. The number of anilines is 1. The van der Waals surface area contributed by atoms with Gasteiger partial charge in [-0.2, -0.15) is 5.10 Å². The summed E-state index contributed by atoms with van der Waals surface area (Å²) in [5.74, 6) is 0.179. The van der Waals surface area contributed by atoms with E-state index in [1.54, 1.807) is 26.3 Å². The molecule has 2 heterocycles. The van der Waals surface area contributed by atoms with Crippen LogP contribution in [0.15, 0.2) is 84.2 Å². The first-order valence-corrected chi connectivity index (χ1v) is 10.7. The maximum Gasteiger partial charge on any atom is 0.326 e. The van der Waals surface area contributed by atoms with E-state index in [-0.39, 0.29) is 6.03 Å². The van der Waals surface area contributed by atoms with Crippen molar-refractivity contribution < 1.29 is 14.3 Å². The number of carbonyl (C=O) groups excluding carboxylic acids is 2. The number of carbonyl (C=O) groups is 2. The van der Waals surface area contributed by atoms with Gasteiger partial charge in [0, 0.05) is 11.1 Å². The van der Waals surface area contributed by atoms with Crippen LogP contribution >= 0.6 is 0 Å². The van der Waals surface area contributed by atoms with Crippen LogP contribution in [0.5, 0.6) is 5.75 Å². The monoisotopic (exact) mass is 453 g/mol. The predicted molar refractivity (Wildman–Crippen MR) is 130 cm³/mol. The van der Waals surface area contributed by atoms with Crippen LogP contribution in [0.1, 0.15) is 18.5 Å². The van der Waals surface area contributed by atoms with Crippen molar-refractivity contribution >= 4 is 28.5 Å². The molecule has 170 valence electrons. The second kappa shape index (κ2) is 8.40. The fraction of sp³-hybridized carbons (Fsp3) is 0.115. The van der Waals surface area contributed by atoms with Gasteiger partial charge in [-0.05, 0) is 53.9 Å². The number of ether oxygens (including phenoxy) is 1. The van der Waals surface area contributed by atoms with E-state index < -0.39 is 11.9 Å². The predicted octanol–water partition coefficient (Wildman–Crippen LogP) is 4.27. The highest BCUT2D eigenvalue weighted by Gasteiger charge is 2.35. The van der Waals surface area contributed by atoms with Crippen molar-refractivity contribution in [2.24, 2.45) is 5.73 Å². The Bertz CT molecular complexity index is 1440. The van der Waals surface area contributed by atoms with Crippen LogP contribution in [0.4, 0.5) is 10.5 Å². The Morgan fingerprint density at radius 2 is 1.85 bits per heavy atom. The third kappa shape index (κ3) is 3.65. The lowest BCUT2D eigenvalue weighted by Crippen LogP contribution is -2.48. The van der Waals surface area contributed by atoms with E-state index in [2.05, 4.69) is 15.5 Å². The van der Waals surface area contributed by atoms with Gasteiger partial charge < -0.3 is 15.8 Å². The smallest absolute Gasteiger partial charge is 0.326 e. The second-order valence-corrected chi connectivity index (χ2v) is 8.08. The molecule has 4 aromatic rings. The van der Waals surface area contributed by atoms with Crippen LogP contribution in [0.2, 0.25) is 0 Å². The number of allylic oxidation sites excluding steroid dienone is 1. The van der Waals surface area contributed by atoms with Crippen molar-refractivity contribution in [1.82, 2.24) is 15.5 Å². The van der Waals surface area contributed by atoms with Crippen molar-refractivity contribution in [3.63, 3.8) is 0 Å². The molecule has 1 unspecified atom stereocenters. The summed E-state index contributed by atoms with van der Waals surface area (Å²) in [7, 11) is 1.63. The standard InChI is InChI=1S/C26H23N5O3/c1-15-23(25(27)32)24(17-8-6-16(7-9-17)18-4-3-5-21(13-18)34-2)29-26(33)31(15)20-10-11-22-19(12-20)14-28-30-22/h3-14,24H,1-2H3,(H2,27,32)(H,28,30)(H,29,33). The minimum absolute atomic E-state index is 0.334. The molecule has 1 aliphatic rings. The zero-order valence-corrected chi connectivity index (χ0v) is 18.7. The fourth-order valence-electron chi connectivity index (χ4n) is 4.36. The molecule has 3 amide bonds. The molecule has 0 spiro atoms. The summed E-state index contributed by atoms with van der Waals surface area (Å²) in [4.78, 5) is 27.2. The van der Waals surface area contributed by atoms with Crippen molar-refractivity contribution in [1.29, 1.82) is 0 Å². The van der Waals surface area contributed by atoms with Crippen LogP contribution in [-0.2, 0) is 4.79 Å². The van der Waals surface area contributed by atoms with Gasteiger partial charge in [0.2, 0.25) is 5.91 Å². The van der Waals surface area contributed by atoms with E-state index in [4.69, 9.17) is 10.5 Å². The molecule has 34 heavy (non-hydrogen) atoms. The van der Waals surface area contributed by atoms with Crippen LogP contribution in [0.3, 0.4) is 0 Å². The van der Waals surface area contributed by atoms with Crippen molar-refractivity contribution in [2.45, 2.75) is 13.0 Å². The van der Waals surface area contributed by atoms with Gasteiger partial charge in [-0.3, -0.25) is 14.8 Å². The molecule has 5 rings (SSSR count). The number of fused-ring (bicyclic) bond motifs is 1. The Labute approximate surface area is 196 Å². The maximum atomic E-state index is 13.2. The molecule has 0 bridgehead atoms. The lowest BCUT2D eigenvalue weighted by Gasteiger charge is -2.35. The first-order chi connectivity index (χ1) is 16.5. The van der Waals surface area contributed by atoms with Gasteiger partial charge in [-0.1, -0.05) is 36.4 Å². The van der Waals surface area contributed by atoms with Gasteiger partial charge in [0.25, 0.3) is 0 Å². The number of methoxy groups -OCH3 is 1. The molecule has 3 aromatic carbocycles. The first-order valence-electron chi connectivity index (χ1n) is 10.7. The number of nitrogens with zero attached hydrogens (tertiary/aromatic N) is 2. The topological polar surface area (TPSA) is 113 Å². The zero-order chi connectivity index (χ0) is 23.8. The highest BCUT2D eigenvalue weighted by molar-refractivity contribution is 6.05. The average molecular weight is 454 g/mol. The third-order valence-electron chi connectivity index (χ3n) is 6.08. The molecule has 1 aromatic heterocycles. The van der Waals surface area contributed by atoms with E-state index in [0.717, 1.165) is 33.3 Å². The van der Waals surface area contributed by atoms with Gasteiger partial charge in [0.1, 0.15) is 5.75 Å². The Morgan fingerprint density at radius 1 is 1.06 bits per heavy atom. The molecule has 8 nitrogen and oxygen atoms in total. The number of benzene rings is 3. The van der Waals surface area contributed by atoms with E-state index in [1.165, 1.54) is 4.90 Å². The van der Waals surface area contributed by atoms with Gasteiger partial charge >= 0.3 is 6.03 Å². The number of aromatic nitrogens is 2. The molecule has 0 aliphatic carbocycles. The van der Waals surface area contributed by atoms with Crippen LogP contribution in [0, 0.1) is 0 Å². The van der Waals surface area contributed by atoms with Crippen molar-refractivity contribution in [3.8, 4) is 16.9 Å². The average Bonchev–Trinajstić information content (AvgIpc) is 3.31. The lowest BCUT2D eigenvalue weighted by atomic mass is 9.92. The normalized spacial score (nSPS) is 16.0. The molecule has 0 saturated heterocycles. The highest BCUT2D eigenvalue weighted by atomic mass is 16.5. The number of amides is 3. The molecular formula is C26H23N5O3. The molecule has 0 fully saturated rings. The summed E-state index contributed by atoms with van der Waals surface area (Å²) < 4.78 is 5.31. The summed E-state index contributed by atoms with van der Waals surface area (Å²) in [6.07, 6.45) is 1.68. The summed E-state index contributed by atoms with van der Waals surface area (Å²) in [6.45, 7) is 1.73. The highest BCUT2D eigenvalue weighted by Crippen LogP contribution is 2.35. The van der Waals surface area contributed by atoms with E-state index in [1.807, 2.05) is 60.7 Å². The number of nitrogens with two attached hydrogens (primary N) is 1. The SMILES string of the molecule is COc1cccc(-c2ccc(C3NC(=O)N(c4ccc5[nH]ncc5c4)C(C)=C3C(N)=O)cc2)c1. The number of rotatable bonds is 5. The van der Waals surface area contributed by atoms with Gasteiger partial charge in [-0.25, -0.2) is 4.79 Å².